The fourth-order valence-corrected chi connectivity index (χ4v) is 5.04. The Kier molecular flexibility index (Phi) is 7.09. The molecule has 4 heterocycles. The summed E-state index contributed by atoms with van der Waals surface area (Å²) >= 11 is 0. The van der Waals surface area contributed by atoms with Gasteiger partial charge in [-0.15, -0.1) is 5.10 Å². The molecule has 2 N–H and O–H groups in total. The standard InChI is InChI=1S/C26H33N6O/c33-26(19-32-14-11-20-3-1-2-4-23(20)17-32)8-7-24-6-5-22(15-27-24)21-9-12-31(13-10-21)18-25-16-28-30-29-25/h1-6,15-16,19,21,26,33H,7-14,17-18H2,(H,28,29,30)/t26-/m1/s1. The van der Waals surface area contributed by atoms with Crippen LogP contribution in [0.25, 0.3) is 0 Å². The van der Waals surface area contributed by atoms with Crippen molar-refractivity contribution in [3.05, 3.63) is 83.4 Å². The average Bonchev–Trinajstić information content (AvgIpc) is 3.37. The van der Waals surface area contributed by atoms with Gasteiger partial charge in [-0.1, -0.05) is 35.5 Å². The molecular formula is C26H33N6O. The lowest BCUT2D eigenvalue weighted by molar-refractivity contribution is 0.140. The van der Waals surface area contributed by atoms with Crippen molar-refractivity contribution in [3.63, 3.8) is 0 Å². The maximum atomic E-state index is 10.5. The summed E-state index contributed by atoms with van der Waals surface area (Å²) in [7, 11) is 0. The van der Waals surface area contributed by atoms with Gasteiger partial charge < -0.3 is 5.11 Å². The fourth-order valence-electron chi connectivity index (χ4n) is 5.04. The average molecular weight is 446 g/mol. The van der Waals surface area contributed by atoms with E-state index in [4.69, 9.17) is 4.98 Å². The van der Waals surface area contributed by atoms with E-state index in [2.05, 4.69) is 61.6 Å². The van der Waals surface area contributed by atoms with Crippen molar-refractivity contribution in [2.45, 2.75) is 57.2 Å². The van der Waals surface area contributed by atoms with Gasteiger partial charge in [-0.3, -0.25) is 19.9 Å². The van der Waals surface area contributed by atoms with Gasteiger partial charge >= 0.3 is 0 Å². The topological polar surface area (TPSA) is 81.2 Å². The van der Waals surface area contributed by atoms with Crippen LogP contribution in [0.3, 0.4) is 0 Å². The van der Waals surface area contributed by atoms with Crippen LogP contribution in [0, 0.1) is 6.54 Å². The van der Waals surface area contributed by atoms with Gasteiger partial charge in [0.2, 0.25) is 0 Å². The van der Waals surface area contributed by atoms with Crippen molar-refractivity contribution >= 4 is 0 Å². The summed E-state index contributed by atoms with van der Waals surface area (Å²) in [6, 6.07) is 13.0. The van der Waals surface area contributed by atoms with Gasteiger partial charge in [0, 0.05) is 37.7 Å². The molecule has 33 heavy (non-hydrogen) atoms. The molecule has 7 nitrogen and oxygen atoms in total. The lowest BCUT2D eigenvalue weighted by Crippen LogP contribution is -2.32. The number of aliphatic hydroxyl groups is 1. The van der Waals surface area contributed by atoms with Crippen molar-refractivity contribution in [3.8, 4) is 0 Å². The van der Waals surface area contributed by atoms with Crippen molar-refractivity contribution in [1.29, 1.82) is 0 Å². The molecule has 2 aliphatic heterocycles. The zero-order valence-corrected chi connectivity index (χ0v) is 19.1. The maximum absolute atomic E-state index is 10.5. The number of nitrogens with zero attached hydrogens (tertiary/aromatic N) is 5. The fraction of sp³-hybridized carbons (Fsp3) is 0.462. The molecule has 2 aliphatic rings. The minimum absolute atomic E-state index is 0.439. The lowest BCUT2D eigenvalue weighted by atomic mass is 9.90. The molecule has 1 radical (unpaired) electrons. The molecule has 1 aromatic carbocycles. The number of likely N-dealkylation sites (tertiary alicyclic amines) is 1. The highest BCUT2D eigenvalue weighted by Gasteiger charge is 2.22. The van der Waals surface area contributed by atoms with Crippen LogP contribution < -0.4 is 0 Å². The molecule has 0 amide bonds. The predicted octanol–water partition coefficient (Wildman–Crippen LogP) is 3.09. The Morgan fingerprint density at radius 2 is 1.91 bits per heavy atom. The van der Waals surface area contributed by atoms with E-state index in [0.29, 0.717) is 12.3 Å². The van der Waals surface area contributed by atoms with Gasteiger partial charge in [0.25, 0.3) is 0 Å². The number of pyridine rings is 1. The summed E-state index contributed by atoms with van der Waals surface area (Å²) in [5.41, 5.74) is 6.19. The highest BCUT2D eigenvalue weighted by molar-refractivity contribution is 5.29. The molecule has 0 bridgehead atoms. The molecule has 0 aliphatic carbocycles. The molecule has 173 valence electrons. The number of H-pyrrole nitrogens is 1. The first-order chi connectivity index (χ1) is 16.2. The Morgan fingerprint density at radius 3 is 2.67 bits per heavy atom. The van der Waals surface area contributed by atoms with Crippen LogP contribution in [-0.2, 0) is 25.9 Å². The quantitative estimate of drug-likeness (QED) is 0.555. The van der Waals surface area contributed by atoms with Gasteiger partial charge in [-0.2, -0.15) is 0 Å². The zero-order valence-electron chi connectivity index (χ0n) is 19.1. The number of hydrogen-bond acceptors (Lipinski definition) is 6. The van der Waals surface area contributed by atoms with Crippen molar-refractivity contribution in [2.24, 2.45) is 0 Å². The largest absolute Gasteiger partial charge is 0.391 e. The van der Waals surface area contributed by atoms with E-state index in [1.54, 1.807) is 0 Å². The number of fused-ring (bicyclic) bond motifs is 1. The van der Waals surface area contributed by atoms with Gasteiger partial charge in [-0.05, 0) is 73.9 Å². The number of rotatable bonds is 8. The Bertz CT molecular complexity index is 998. The van der Waals surface area contributed by atoms with Crippen LogP contribution in [0.1, 0.15) is 53.3 Å². The summed E-state index contributed by atoms with van der Waals surface area (Å²) in [4.78, 5) is 9.40. The summed E-state index contributed by atoms with van der Waals surface area (Å²) in [5, 5.41) is 21.2. The lowest BCUT2D eigenvalue weighted by Gasteiger charge is -2.31. The number of aromatic nitrogens is 4. The second kappa shape index (κ2) is 10.5. The summed E-state index contributed by atoms with van der Waals surface area (Å²) < 4.78 is 0. The maximum Gasteiger partial charge on any atom is 0.0964 e. The molecule has 1 saturated heterocycles. The first-order valence-electron chi connectivity index (χ1n) is 12.1. The number of aromatic amines is 1. The second-order valence-electron chi connectivity index (χ2n) is 9.34. The molecular weight excluding hydrogens is 412 g/mol. The van der Waals surface area contributed by atoms with E-state index in [0.717, 1.165) is 69.8 Å². The zero-order chi connectivity index (χ0) is 22.5. The molecule has 5 rings (SSSR count). The van der Waals surface area contributed by atoms with Crippen molar-refractivity contribution in [2.75, 3.05) is 19.6 Å². The van der Waals surface area contributed by atoms with Gasteiger partial charge in [0.15, 0.2) is 0 Å². The van der Waals surface area contributed by atoms with Crippen LogP contribution in [0.15, 0.2) is 48.8 Å². The smallest absolute Gasteiger partial charge is 0.0964 e. The number of benzene rings is 1. The second-order valence-corrected chi connectivity index (χ2v) is 9.34. The molecule has 0 unspecified atom stereocenters. The molecule has 2 aromatic heterocycles. The summed E-state index contributed by atoms with van der Waals surface area (Å²) in [6.45, 7) is 6.86. The minimum Gasteiger partial charge on any atom is -0.391 e. The van der Waals surface area contributed by atoms with E-state index < -0.39 is 6.10 Å². The Balaban J connectivity index is 1.05. The van der Waals surface area contributed by atoms with Gasteiger partial charge in [0.05, 0.1) is 18.3 Å². The predicted molar refractivity (Wildman–Crippen MR) is 127 cm³/mol. The van der Waals surface area contributed by atoms with Crippen LogP contribution in [0.5, 0.6) is 0 Å². The molecule has 1 atom stereocenters. The van der Waals surface area contributed by atoms with E-state index in [9.17, 15) is 5.11 Å². The summed E-state index contributed by atoms with van der Waals surface area (Å²) in [5.74, 6) is 0.570. The highest BCUT2D eigenvalue weighted by atomic mass is 16.3. The van der Waals surface area contributed by atoms with Crippen LogP contribution in [0.4, 0.5) is 0 Å². The Hall–Kier alpha value is -2.61. The molecule has 7 heteroatoms. The number of piperidine rings is 1. The summed E-state index contributed by atoms with van der Waals surface area (Å²) in [6.07, 6.45) is 8.30. The van der Waals surface area contributed by atoms with Crippen molar-refractivity contribution < 1.29 is 5.11 Å². The van der Waals surface area contributed by atoms with E-state index >= 15 is 0 Å². The SMILES string of the molecule is O[C@@H]([CH]N1CCc2ccccc2C1)CCc1ccc(C2CCN(Cc3c[nH]nn3)CC2)cn1. The Labute approximate surface area is 195 Å². The molecule has 0 spiro atoms. The number of aryl methyl sites for hydroxylation is 1. The Morgan fingerprint density at radius 1 is 1.06 bits per heavy atom. The first kappa shape index (κ1) is 22.2. The van der Waals surface area contributed by atoms with Crippen LogP contribution in [-0.4, -0.2) is 61.0 Å². The van der Waals surface area contributed by atoms with Gasteiger partial charge in [-0.25, -0.2) is 0 Å². The monoisotopic (exact) mass is 445 g/mol. The third kappa shape index (κ3) is 5.85. The molecule has 0 saturated carbocycles. The van der Waals surface area contributed by atoms with Crippen LogP contribution >= 0.6 is 0 Å². The van der Waals surface area contributed by atoms with E-state index in [1.807, 2.05) is 18.9 Å². The molecule has 3 aromatic rings. The highest BCUT2D eigenvalue weighted by Crippen LogP contribution is 2.28. The van der Waals surface area contributed by atoms with E-state index in [-0.39, 0.29) is 0 Å². The third-order valence-electron chi connectivity index (χ3n) is 7.00. The number of hydrogen-bond donors (Lipinski definition) is 2. The van der Waals surface area contributed by atoms with Crippen LogP contribution in [0.2, 0.25) is 0 Å². The normalized spacial score (nSPS) is 18.8. The third-order valence-corrected chi connectivity index (χ3v) is 7.00. The first-order valence-corrected chi connectivity index (χ1v) is 12.1. The van der Waals surface area contributed by atoms with Gasteiger partial charge in [0.1, 0.15) is 0 Å². The number of aliphatic hydroxyl groups excluding tert-OH is 1. The van der Waals surface area contributed by atoms with E-state index in [1.165, 1.54) is 16.7 Å². The number of nitrogens with one attached hydrogen (secondary N) is 1. The molecule has 1 fully saturated rings. The minimum atomic E-state index is -0.439. The van der Waals surface area contributed by atoms with Crippen molar-refractivity contribution in [1.82, 2.24) is 30.2 Å².